The fourth-order valence-electron chi connectivity index (χ4n) is 8.25. The molecule has 3 heteroatoms. The molecule has 0 N–H and O–H groups in total. The van der Waals surface area contributed by atoms with Crippen molar-refractivity contribution in [2.24, 2.45) is 29.6 Å². The molecule has 0 aromatic carbocycles. The zero-order chi connectivity index (χ0) is 26.4. The van der Waals surface area contributed by atoms with E-state index in [0.29, 0.717) is 5.92 Å². The summed E-state index contributed by atoms with van der Waals surface area (Å²) in [4.78, 5) is 9.46. The van der Waals surface area contributed by atoms with Crippen molar-refractivity contribution >= 4 is 0 Å². The normalized spacial score (nSPS) is 30.3. The molecule has 216 valence electrons. The highest BCUT2D eigenvalue weighted by molar-refractivity contribution is 5.14. The van der Waals surface area contributed by atoms with E-state index in [2.05, 4.69) is 13.8 Å². The van der Waals surface area contributed by atoms with Gasteiger partial charge in [-0.05, 0) is 100 Å². The summed E-state index contributed by atoms with van der Waals surface area (Å²) in [5.74, 6) is 7.59. The highest BCUT2D eigenvalue weighted by Gasteiger charge is 2.35. The van der Waals surface area contributed by atoms with Gasteiger partial charge in [0, 0.05) is 5.92 Å². The molecule has 0 amide bonds. The summed E-state index contributed by atoms with van der Waals surface area (Å²) >= 11 is 0. The Kier molecular flexibility index (Phi) is 13.2. The van der Waals surface area contributed by atoms with Gasteiger partial charge in [0.1, 0.15) is 5.82 Å². The Labute approximate surface area is 235 Å². The van der Waals surface area contributed by atoms with E-state index < -0.39 is 0 Å². The van der Waals surface area contributed by atoms with Gasteiger partial charge >= 0.3 is 0 Å². The van der Waals surface area contributed by atoms with E-state index in [0.717, 1.165) is 54.2 Å². The molecule has 3 aliphatic rings. The van der Waals surface area contributed by atoms with Crippen molar-refractivity contribution in [3.63, 3.8) is 0 Å². The number of nitrogens with zero attached hydrogens (tertiary/aromatic N) is 2. The van der Waals surface area contributed by atoms with E-state index in [1.54, 1.807) is 12.8 Å². The third kappa shape index (κ3) is 9.51. The number of unbranched alkanes of at least 4 members (excludes halogenated alkanes) is 7. The maximum absolute atomic E-state index is 5.90. The summed E-state index contributed by atoms with van der Waals surface area (Å²) < 4.78 is 5.90. The van der Waals surface area contributed by atoms with Crippen molar-refractivity contribution in [1.29, 1.82) is 0 Å². The van der Waals surface area contributed by atoms with Gasteiger partial charge in [0.2, 0.25) is 0 Å². The van der Waals surface area contributed by atoms with Crippen LogP contribution in [0.25, 0.3) is 0 Å². The van der Waals surface area contributed by atoms with Gasteiger partial charge in [-0.2, -0.15) is 0 Å². The van der Waals surface area contributed by atoms with Crippen LogP contribution in [0, 0.1) is 29.6 Å². The Morgan fingerprint density at radius 1 is 0.579 bits per heavy atom. The fourth-order valence-corrected chi connectivity index (χ4v) is 8.25. The van der Waals surface area contributed by atoms with Gasteiger partial charge in [-0.25, -0.2) is 9.97 Å². The topological polar surface area (TPSA) is 35.0 Å². The second-order valence-electron chi connectivity index (χ2n) is 13.5. The molecule has 0 saturated heterocycles. The number of aromatic nitrogens is 2. The minimum atomic E-state index is 0.558. The summed E-state index contributed by atoms with van der Waals surface area (Å²) in [6.07, 6.45) is 35.0. The third-order valence-electron chi connectivity index (χ3n) is 10.8. The van der Waals surface area contributed by atoms with Crippen molar-refractivity contribution < 1.29 is 4.74 Å². The average Bonchev–Trinajstić information content (AvgIpc) is 2.98. The average molecular weight is 525 g/mol. The molecule has 0 atom stereocenters. The summed E-state index contributed by atoms with van der Waals surface area (Å²) in [6, 6.07) is 0. The first kappa shape index (κ1) is 29.9. The van der Waals surface area contributed by atoms with Crippen molar-refractivity contribution in [3.8, 4) is 5.75 Å². The lowest BCUT2D eigenvalue weighted by atomic mass is 9.65. The Hall–Kier alpha value is -1.12. The van der Waals surface area contributed by atoms with Crippen LogP contribution in [-0.4, -0.2) is 16.6 Å². The van der Waals surface area contributed by atoms with E-state index in [4.69, 9.17) is 14.7 Å². The lowest BCUT2D eigenvalue weighted by Gasteiger charge is -2.41. The highest BCUT2D eigenvalue weighted by Crippen LogP contribution is 2.47. The second kappa shape index (κ2) is 16.9. The molecule has 0 unspecified atom stereocenters. The molecular weight excluding hydrogens is 464 g/mol. The van der Waals surface area contributed by atoms with Gasteiger partial charge in [0.15, 0.2) is 5.75 Å². The zero-order valence-electron chi connectivity index (χ0n) is 25.2. The number of ether oxygens (including phenoxy) is 1. The van der Waals surface area contributed by atoms with Gasteiger partial charge in [-0.3, -0.25) is 0 Å². The number of rotatable bonds is 15. The van der Waals surface area contributed by atoms with Crippen molar-refractivity contribution in [3.05, 3.63) is 18.2 Å². The van der Waals surface area contributed by atoms with Gasteiger partial charge < -0.3 is 4.74 Å². The molecule has 1 heterocycles. The fraction of sp³-hybridized carbons (Fsp3) is 0.886. The molecule has 0 radical (unpaired) electrons. The van der Waals surface area contributed by atoms with Crippen LogP contribution in [0.15, 0.2) is 12.4 Å². The summed E-state index contributed by atoms with van der Waals surface area (Å²) in [5.41, 5.74) is 0. The third-order valence-corrected chi connectivity index (χ3v) is 10.8. The van der Waals surface area contributed by atoms with Crippen LogP contribution in [0.4, 0.5) is 0 Å². The lowest BCUT2D eigenvalue weighted by Crippen LogP contribution is -2.29. The molecule has 3 saturated carbocycles. The Bertz CT molecular complexity index is 725. The smallest absolute Gasteiger partial charge is 0.155 e. The monoisotopic (exact) mass is 524 g/mol. The minimum absolute atomic E-state index is 0.558. The standard InChI is InChI=1S/C35H60N2O/c1-3-5-7-8-9-11-25-38-34-26-36-35(37-27-34)33-23-21-32(22-24-33)31-19-17-30(18-20-31)29-15-13-28(14-16-29)12-10-6-4-2/h26-33H,3-25H2,1-2H3. The van der Waals surface area contributed by atoms with E-state index in [9.17, 15) is 0 Å². The molecule has 0 bridgehead atoms. The van der Waals surface area contributed by atoms with E-state index in [1.807, 2.05) is 12.4 Å². The van der Waals surface area contributed by atoms with E-state index in [-0.39, 0.29) is 0 Å². The van der Waals surface area contributed by atoms with Gasteiger partial charge in [0.05, 0.1) is 19.0 Å². The molecule has 1 aromatic heterocycles. The van der Waals surface area contributed by atoms with Crippen LogP contribution in [0.5, 0.6) is 5.75 Å². The van der Waals surface area contributed by atoms with E-state index >= 15 is 0 Å². The van der Waals surface area contributed by atoms with Crippen molar-refractivity contribution in [1.82, 2.24) is 9.97 Å². The number of hydrogen-bond acceptors (Lipinski definition) is 3. The molecule has 3 nitrogen and oxygen atoms in total. The lowest BCUT2D eigenvalue weighted by molar-refractivity contribution is 0.108. The van der Waals surface area contributed by atoms with Crippen LogP contribution < -0.4 is 4.74 Å². The Morgan fingerprint density at radius 3 is 1.63 bits per heavy atom. The molecule has 3 aliphatic carbocycles. The summed E-state index contributed by atoms with van der Waals surface area (Å²) in [5, 5.41) is 0. The molecule has 3 fully saturated rings. The molecule has 0 spiro atoms. The number of hydrogen-bond donors (Lipinski definition) is 0. The maximum atomic E-state index is 5.90. The van der Waals surface area contributed by atoms with Gasteiger partial charge in [-0.1, -0.05) is 84.5 Å². The van der Waals surface area contributed by atoms with Crippen LogP contribution in [0.3, 0.4) is 0 Å². The first-order valence-electron chi connectivity index (χ1n) is 17.2. The van der Waals surface area contributed by atoms with Crippen LogP contribution >= 0.6 is 0 Å². The Morgan fingerprint density at radius 2 is 1.05 bits per heavy atom. The van der Waals surface area contributed by atoms with Crippen LogP contribution in [-0.2, 0) is 0 Å². The maximum Gasteiger partial charge on any atom is 0.155 e. The minimum Gasteiger partial charge on any atom is -0.490 e. The van der Waals surface area contributed by atoms with Crippen LogP contribution in [0.1, 0.15) is 167 Å². The Balaban J connectivity index is 1.09. The van der Waals surface area contributed by atoms with Crippen LogP contribution in [0.2, 0.25) is 0 Å². The first-order chi connectivity index (χ1) is 18.8. The van der Waals surface area contributed by atoms with Crippen molar-refractivity contribution in [2.75, 3.05) is 6.61 Å². The summed E-state index contributed by atoms with van der Waals surface area (Å²) in [7, 11) is 0. The molecule has 4 rings (SSSR count). The SMILES string of the molecule is CCCCCCCCOc1cnc(C2CCC(C3CCC(C4CCC(CCCCC)CC4)CC3)CC2)nc1. The largest absolute Gasteiger partial charge is 0.490 e. The predicted molar refractivity (Wildman–Crippen MR) is 161 cm³/mol. The molecule has 1 aromatic rings. The van der Waals surface area contributed by atoms with E-state index in [1.165, 1.54) is 122 Å². The van der Waals surface area contributed by atoms with Gasteiger partial charge in [-0.15, -0.1) is 0 Å². The van der Waals surface area contributed by atoms with Gasteiger partial charge in [0.25, 0.3) is 0 Å². The molecule has 38 heavy (non-hydrogen) atoms. The molecule has 0 aliphatic heterocycles. The molecular formula is C35H60N2O. The first-order valence-corrected chi connectivity index (χ1v) is 17.2. The zero-order valence-corrected chi connectivity index (χ0v) is 25.2. The van der Waals surface area contributed by atoms with Crippen molar-refractivity contribution in [2.45, 2.75) is 161 Å². The predicted octanol–water partition coefficient (Wildman–Crippen LogP) is 10.7. The highest BCUT2D eigenvalue weighted by atomic mass is 16.5. The second-order valence-corrected chi connectivity index (χ2v) is 13.5. The quantitative estimate of drug-likeness (QED) is 0.214. The summed E-state index contributed by atoms with van der Waals surface area (Å²) in [6.45, 7) is 5.40.